The SMILES string of the molecule is Cc1cnc(-c2cnc(C[C@H]3CCN(Cc4cscn4)C3)cn2)[nH]1. The molecular weight excluding hydrogens is 320 g/mol. The lowest BCUT2D eigenvalue weighted by Crippen LogP contribution is -2.20. The monoisotopic (exact) mass is 340 g/mol. The normalized spacial score (nSPS) is 18.3. The van der Waals surface area contributed by atoms with Crippen LogP contribution in [0.3, 0.4) is 0 Å². The van der Waals surface area contributed by atoms with E-state index in [9.17, 15) is 0 Å². The fourth-order valence-corrected chi connectivity index (χ4v) is 3.74. The van der Waals surface area contributed by atoms with E-state index >= 15 is 0 Å². The lowest BCUT2D eigenvalue weighted by molar-refractivity contribution is 0.313. The predicted molar refractivity (Wildman–Crippen MR) is 93.6 cm³/mol. The molecule has 124 valence electrons. The maximum atomic E-state index is 4.58. The van der Waals surface area contributed by atoms with Crippen molar-refractivity contribution < 1.29 is 0 Å². The first-order valence-electron chi connectivity index (χ1n) is 8.18. The van der Waals surface area contributed by atoms with Crippen LogP contribution in [0.25, 0.3) is 11.5 Å². The zero-order chi connectivity index (χ0) is 16.4. The molecule has 0 radical (unpaired) electrons. The van der Waals surface area contributed by atoms with E-state index in [0.717, 1.165) is 49.0 Å². The van der Waals surface area contributed by atoms with Crippen LogP contribution < -0.4 is 0 Å². The highest BCUT2D eigenvalue weighted by Crippen LogP contribution is 2.22. The number of rotatable bonds is 5. The predicted octanol–water partition coefficient (Wildman–Crippen LogP) is 2.70. The van der Waals surface area contributed by atoms with Crippen LogP contribution in [-0.2, 0) is 13.0 Å². The first kappa shape index (κ1) is 15.4. The Morgan fingerprint density at radius 2 is 2.12 bits per heavy atom. The molecule has 4 heterocycles. The Morgan fingerprint density at radius 1 is 1.17 bits per heavy atom. The van der Waals surface area contributed by atoms with Crippen LogP contribution in [0.2, 0.25) is 0 Å². The largest absolute Gasteiger partial charge is 0.341 e. The van der Waals surface area contributed by atoms with E-state index < -0.39 is 0 Å². The third-order valence-electron chi connectivity index (χ3n) is 4.39. The van der Waals surface area contributed by atoms with Gasteiger partial charge in [-0.05, 0) is 32.2 Å². The fourth-order valence-electron chi connectivity index (χ4n) is 3.19. The van der Waals surface area contributed by atoms with Crippen LogP contribution in [0.15, 0.2) is 29.5 Å². The zero-order valence-corrected chi connectivity index (χ0v) is 14.5. The van der Waals surface area contributed by atoms with Gasteiger partial charge in [0.2, 0.25) is 0 Å². The fraction of sp³-hybridized carbons (Fsp3) is 0.412. The van der Waals surface area contributed by atoms with Crippen molar-refractivity contribution in [2.45, 2.75) is 26.3 Å². The molecular formula is C17H20N6S. The number of hydrogen-bond acceptors (Lipinski definition) is 6. The van der Waals surface area contributed by atoms with E-state index in [4.69, 9.17) is 0 Å². The van der Waals surface area contributed by atoms with Gasteiger partial charge in [-0.1, -0.05) is 0 Å². The lowest BCUT2D eigenvalue weighted by atomic mass is 10.0. The molecule has 1 atom stereocenters. The maximum Gasteiger partial charge on any atom is 0.157 e. The molecule has 0 amide bonds. The summed E-state index contributed by atoms with van der Waals surface area (Å²) in [6.07, 6.45) is 7.70. The van der Waals surface area contributed by atoms with E-state index in [1.54, 1.807) is 17.5 Å². The standard InChI is InChI=1S/C17H20N6S/c1-12-5-20-17(22-12)16-7-18-14(6-19-16)4-13-2-3-23(8-13)9-15-10-24-11-21-15/h5-7,10-11,13H,2-4,8-9H2,1H3,(H,20,22)/t13-/m1/s1. The molecule has 3 aromatic heterocycles. The Balaban J connectivity index is 1.34. The van der Waals surface area contributed by atoms with E-state index in [-0.39, 0.29) is 0 Å². The third-order valence-corrected chi connectivity index (χ3v) is 5.02. The molecule has 1 aliphatic rings. The maximum absolute atomic E-state index is 4.58. The minimum atomic E-state index is 0.648. The first-order chi connectivity index (χ1) is 11.8. The zero-order valence-electron chi connectivity index (χ0n) is 13.6. The summed E-state index contributed by atoms with van der Waals surface area (Å²) in [6.45, 7) is 5.19. The number of aromatic nitrogens is 5. The van der Waals surface area contributed by atoms with Crippen LogP contribution in [0.5, 0.6) is 0 Å². The highest BCUT2D eigenvalue weighted by Gasteiger charge is 2.23. The molecule has 1 fully saturated rings. The van der Waals surface area contributed by atoms with Crippen LogP contribution in [-0.4, -0.2) is 42.9 Å². The Kier molecular flexibility index (Phi) is 4.36. The van der Waals surface area contributed by atoms with Crippen LogP contribution in [0, 0.1) is 12.8 Å². The summed E-state index contributed by atoms with van der Waals surface area (Å²) < 4.78 is 0. The van der Waals surface area contributed by atoms with Gasteiger partial charge < -0.3 is 4.98 Å². The van der Waals surface area contributed by atoms with Gasteiger partial charge in [-0.2, -0.15) is 0 Å². The third kappa shape index (κ3) is 3.52. The molecule has 1 aliphatic heterocycles. The highest BCUT2D eigenvalue weighted by atomic mass is 32.1. The van der Waals surface area contributed by atoms with Crippen molar-refractivity contribution in [3.8, 4) is 11.5 Å². The first-order valence-corrected chi connectivity index (χ1v) is 9.13. The molecule has 7 heteroatoms. The number of nitrogens with zero attached hydrogens (tertiary/aromatic N) is 5. The van der Waals surface area contributed by atoms with Crippen LogP contribution >= 0.6 is 11.3 Å². The minimum Gasteiger partial charge on any atom is -0.341 e. The Bertz CT molecular complexity index is 780. The molecule has 0 bridgehead atoms. The van der Waals surface area contributed by atoms with Gasteiger partial charge in [0.25, 0.3) is 0 Å². The summed E-state index contributed by atoms with van der Waals surface area (Å²) in [5.74, 6) is 1.43. The summed E-state index contributed by atoms with van der Waals surface area (Å²) in [7, 11) is 0. The number of hydrogen-bond donors (Lipinski definition) is 1. The van der Waals surface area contributed by atoms with E-state index in [1.165, 1.54) is 12.1 Å². The molecule has 1 N–H and O–H groups in total. The molecule has 0 aromatic carbocycles. The number of nitrogens with one attached hydrogen (secondary N) is 1. The topological polar surface area (TPSA) is 70.6 Å². The summed E-state index contributed by atoms with van der Waals surface area (Å²) in [5, 5.41) is 2.13. The molecule has 4 rings (SSSR count). The second kappa shape index (κ2) is 6.78. The van der Waals surface area contributed by atoms with Gasteiger partial charge in [-0.15, -0.1) is 11.3 Å². The molecule has 6 nitrogen and oxygen atoms in total. The quantitative estimate of drug-likeness (QED) is 0.773. The van der Waals surface area contributed by atoms with E-state index in [0.29, 0.717) is 5.92 Å². The van der Waals surface area contributed by atoms with Gasteiger partial charge in [0.15, 0.2) is 5.82 Å². The van der Waals surface area contributed by atoms with Crippen molar-refractivity contribution in [2.75, 3.05) is 13.1 Å². The van der Waals surface area contributed by atoms with Crippen molar-refractivity contribution >= 4 is 11.3 Å². The van der Waals surface area contributed by atoms with Crippen molar-refractivity contribution in [1.82, 2.24) is 29.8 Å². The van der Waals surface area contributed by atoms with Gasteiger partial charge in [0.05, 0.1) is 23.1 Å². The van der Waals surface area contributed by atoms with Gasteiger partial charge in [-0.3, -0.25) is 9.88 Å². The van der Waals surface area contributed by atoms with Crippen molar-refractivity contribution in [3.63, 3.8) is 0 Å². The second-order valence-electron chi connectivity index (χ2n) is 6.38. The average Bonchev–Trinajstić information content (AvgIpc) is 3.32. The number of aromatic amines is 1. The molecule has 3 aromatic rings. The minimum absolute atomic E-state index is 0.648. The summed E-state index contributed by atoms with van der Waals surface area (Å²) >= 11 is 1.66. The lowest BCUT2D eigenvalue weighted by Gasteiger charge is -2.14. The number of imidazole rings is 1. The highest BCUT2D eigenvalue weighted by molar-refractivity contribution is 7.07. The number of thiazole rings is 1. The Labute approximate surface area is 145 Å². The van der Waals surface area contributed by atoms with Gasteiger partial charge in [0.1, 0.15) is 5.69 Å². The number of likely N-dealkylation sites (tertiary alicyclic amines) is 1. The van der Waals surface area contributed by atoms with E-state index in [2.05, 4.69) is 35.2 Å². The smallest absolute Gasteiger partial charge is 0.157 e. The molecule has 0 saturated carbocycles. The molecule has 0 spiro atoms. The van der Waals surface area contributed by atoms with Crippen molar-refractivity contribution in [3.05, 3.63) is 46.6 Å². The van der Waals surface area contributed by atoms with Crippen molar-refractivity contribution in [2.24, 2.45) is 5.92 Å². The van der Waals surface area contributed by atoms with Crippen molar-refractivity contribution in [1.29, 1.82) is 0 Å². The number of H-pyrrole nitrogens is 1. The summed E-state index contributed by atoms with van der Waals surface area (Å²) in [5.41, 5.74) is 5.96. The van der Waals surface area contributed by atoms with Crippen LogP contribution in [0.4, 0.5) is 0 Å². The van der Waals surface area contributed by atoms with Gasteiger partial charge >= 0.3 is 0 Å². The van der Waals surface area contributed by atoms with Gasteiger partial charge in [-0.25, -0.2) is 15.0 Å². The Morgan fingerprint density at radius 3 is 2.83 bits per heavy atom. The summed E-state index contributed by atoms with van der Waals surface area (Å²) in [4.78, 5) is 23.4. The molecule has 0 aliphatic carbocycles. The number of aryl methyl sites for hydroxylation is 1. The second-order valence-corrected chi connectivity index (χ2v) is 7.10. The molecule has 0 unspecified atom stereocenters. The molecule has 1 saturated heterocycles. The Hall–Kier alpha value is -2.12. The van der Waals surface area contributed by atoms with Gasteiger partial charge in [0, 0.05) is 36.6 Å². The summed E-state index contributed by atoms with van der Waals surface area (Å²) in [6, 6.07) is 0. The van der Waals surface area contributed by atoms with E-state index in [1.807, 2.05) is 24.8 Å². The average molecular weight is 340 g/mol. The molecule has 24 heavy (non-hydrogen) atoms. The van der Waals surface area contributed by atoms with Crippen LogP contribution in [0.1, 0.15) is 23.5 Å².